The van der Waals surface area contributed by atoms with Crippen molar-refractivity contribution in [3.63, 3.8) is 0 Å². The van der Waals surface area contributed by atoms with E-state index in [1.807, 2.05) is 0 Å². The van der Waals surface area contributed by atoms with Crippen LogP contribution in [0.5, 0.6) is 0 Å². The molecule has 2 aliphatic rings. The molecule has 3 rings (SSSR count). The Balaban J connectivity index is 1.47. The summed E-state index contributed by atoms with van der Waals surface area (Å²) in [6, 6.07) is 6.69. The van der Waals surface area contributed by atoms with E-state index in [2.05, 4.69) is 16.7 Å². The number of allylic oxidation sites excluding steroid dienone is 1. The van der Waals surface area contributed by atoms with E-state index in [0.29, 0.717) is 24.2 Å². The molecule has 6 nitrogen and oxygen atoms in total. The highest BCUT2D eigenvalue weighted by Crippen LogP contribution is 2.39. The summed E-state index contributed by atoms with van der Waals surface area (Å²) in [5.74, 6) is -1.43. The van der Waals surface area contributed by atoms with Gasteiger partial charge in [0.2, 0.25) is 11.8 Å². The number of benzene rings is 1. The second-order valence-corrected chi connectivity index (χ2v) is 7.12. The van der Waals surface area contributed by atoms with Crippen LogP contribution >= 0.6 is 0 Å². The Bertz CT molecular complexity index is 756. The maximum Gasteiger partial charge on any atom is 0.339 e. The van der Waals surface area contributed by atoms with Crippen molar-refractivity contribution >= 4 is 23.5 Å². The molecule has 27 heavy (non-hydrogen) atoms. The van der Waals surface area contributed by atoms with Crippen molar-refractivity contribution in [2.24, 2.45) is 11.8 Å². The summed E-state index contributed by atoms with van der Waals surface area (Å²) in [5, 5.41) is 5.70. The summed E-state index contributed by atoms with van der Waals surface area (Å²) < 4.78 is 4.73. The van der Waals surface area contributed by atoms with Crippen molar-refractivity contribution < 1.29 is 19.1 Å². The summed E-state index contributed by atoms with van der Waals surface area (Å²) in [7, 11) is 1.30. The van der Waals surface area contributed by atoms with Crippen LogP contribution in [0.1, 0.15) is 48.9 Å². The lowest BCUT2D eigenvalue weighted by molar-refractivity contribution is -0.125. The standard InChI is InChI=1S/C21H26N2O4/c1-27-21(26)15-9-5-6-10-18(15)23-20(25)17-13-16(17)19(24)22-12-11-14-7-3-2-4-8-14/h5-7,9-10,16-17H,2-4,8,11-13H2,1H3,(H,22,24)(H,23,25). The van der Waals surface area contributed by atoms with Gasteiger partial charge in [0.05, 0.1) is 30.2 Å². The number of carbonyl (C=O) groups is 3. The van der Waals surface area contributed by atoms with Crippen molar-refractivity contribution in [1.29, 1.82) is 0 Å². The molecule has 0 spiro atoms. The molecule has 144 valence electrons. The third kappa shape index (κ3) is 4.96. The van der Waals surface area contributed by atoms with E-state index in [1.54, 1.807) is 24.3 Å². The van der Waals surface area contributed by atoms with Crippen molar-refractivity contribution in [2.45, 2.75) is 38.5 Å². The van der Waals surface area contributed by atoms with Gasteiger partial charge in [-0.15, -0.1) is 0 Å². The highest BCUT2D eigenvalue weighted by molar-refractivity contribution is 6.04. The monoisotopic (exact) mass is 370 g/mol. The van der Waals surface area contributed by atoms with Gasteiger partial charge in [-0.2, -0.15) is 0 Å². The fourth-order valence-corrected chi connectivity index (χ4v) is 3.49. The Morgan fingerprint density at radius 3 is 2.63 bits per heavy atom. The normalized spacial score (nSPS) is 21.0. The minimum atomic E-state index is -0.506. The number of nitrogens with one attached hydrogen (secondary N) is 2. The van der Waals surface area contributed by atoms with Crippen LogP contribution in [0.25, 0.3) is 0 Å². The molecular weight excluding hydrogens is 344 g/mol. The lowest BCUT2D eigenvalue weighted by Gasteiger charge is -2.13. The maximum atomic E-state index is 12.4. The van der Waals surface area contributed by atoms with Gasteiger partial charge in [-0.1, -0.05) is 23.8 Å². The average molecular weight is 370 g/mol. The molecule has 0 radical (unpaired) electrons. The SMILES string of the molecule is COC(=O)c1ccccc1NC(=O)C1CC1C(=O)NCCC1=CCCCC1. The molecule has 0 heterocycles. The van der Waals surface area contributed by atoms with Crippen LogP contribution in [0, 0.1) is 11.8 Å². The molecular formula is C21H26N2O4. The molecule has 6 heteroatoms. The number of methoxy groups -OCH3 is 1. The second-order valence-electron chi connectivity index (χ2n) is 7.12. The highest BCUT2D eigenvalue weighted by atomic mass is 16.5. The number of ether oxygens (including phenoxy) is 1. The molecule has 2 unspecified atom stereocenters. The zero-order valence-electron chi connectivity index (χ0n) is 15.6. The molecule has 1 fully saturated rings. The fraction of sp³-hybridized carbons (Fsp3) is 0.476. The van der Waals surface area contributed by atoms with Crippen molar-refractivity contribution in [1.82, 2.24) is 5.32 Å². The van der Waals surface area contributed by atoms with Gasteiger partial charge in [-0.05, 0) is 50.7 Å². The van der Waals surface area contributed by atoms with Crippen LogP contribution in [0.3, 0.4) is 0 Å². The molecule has 0 saturated heterocycles. The van der Waals surface area contributed by atoms with E-state index in [0.717, 1.165) is 19.3 Å². The molecule has 0 bridgehead atoms. The predicted molar refractivity (Wildman–Crippen MR) is 102 cm³/mol. The summed E-state index contributed by atoms with van der Waals surface area (Å²) in [6.45, 7) is 0.626. The lowest BCUT2D eigenvalue weighted by atomic mass is 9.97. The van der Waals surface area contributed by atoms with Gasteiger partial charge in [0.1, 0.15) is 0 Å². The summed E-state index contributed by atoms with van der Waals surface area (Å²) in [4.78, 5) is 36.5. The van der Waals surface area contributed by atoms with Gasteiger partial charge in [-0.25, -0.2) is 4.79 Å². The minimum Gasteiger partial charge on any atom is -0.465 e. The highest BCUT2D eigenvalue weighted by Gasteiger charge is 2.48. The van der Waals surface area contributed by atoms with Crippen LogP contribution in [-0.4, -0.2) is 31.4 Å². The van der Waals surface area contributed by atoms with Crippen molar-refractivity contribution in [3.05, 3.63) is 41.5 Å². The first-order valence-electron chi connectivity index (χ1n) is 9.54. The lowest BCUT2D eigenvalue weighted by Crippen LogP contribution is -2.28. The molecule has 1 aromatic carbocycles. The smallest absolute Gasteiger partial charge is 0.339 e. The zero-order chi connectivity index (χ0) is 19.2. The average Bonchev–Trinajstić information content (AvgIpc) is 3.50. The Labute approximate surface area is 159 Å². The summed E-state index contributed by atoms with van der Waals surface area (Å²) in [6.07, 6.45) is 8.47. The van der Waals surface area contributed by atoms with Crippen LogP contribution < -0.4 is 10.6 Å². The van der Waals surface area contributed by atoms with E-state index in [1.165, 1.54) is 25.5 Å². The first kappa shape index (κ1) is 19.1. The molecule has 2 aliphatic carbocycles. The fourth-order valence-electron chi connectivity index (χ4n) is 3.49. The third-order valence-corrected chi connectivity index (χ3v) is 5.18. The largest absolute Gasteiger partial charge is 0.465 e. The summed E-state index contributed by atoms with van der Waals surface area (Å²) in [5.41, 5.74) is 2.13. The molecule has 2 atom stereocenters. The first-order valence-corrected chi connectivity index (χ1v) is 9.54. The van der Waals surface area contributed by atoms with E-state index in [9.17, 15) is 14.4 Å². The Morgan fingerprint density at radius 2 is 1.89 bits per heavy atom. The molecule has 0 aliphatic heterocycles. The second kappa shape index (κ2) is 8.84. The van der Waals surface area contributed by atoms with Crippen molar-refractivity contribution in [3.8, 4) is 0 Å². The van der Waals surface area contributed by atoms with Gasteiger partial charge in [0.25, 0.3) is 0 Å². The number of anilines is 1. The maximum absolute atomic E-state index is 12.4. The molecule has 1 saturated carbocycles. The Hall–Kier alpha value is -2.63. The summed E-state index contributed by atoms with van der Waals surface area (Å²) >= 11 is 0. The van der Waals surface area contributed by atoms with Gasteiger partial charge >= 0.3 is 5.97 Å². The van der Waals surface area contributed by atoms with Crippen LogP contribution in [0.15, 0.2) is 35.9 Å². The molecule has 2 amide bonds. The van der Waals surface area contributed by atoms with E-state index < -0.39 is 5.97 Å². The number of para-hydroxylation sites is 1. The first-order chi connectivity index (χ1) is 13.1. The quantitative estimate of drug-likeness (QED) is 0.571. The van der Waals surface area contributed by atoms with Gasteiger partial charge in [0.15, 0.2) is 0 Å². The Morgan fingerprint density at radius 1 is 1.11 bits per heavy atom. The number of esters is 1. The molecule has 0 aromatic heterocycles. The number of hydrogen-bond acceptors (Lipinski definition) is 4. The van der Waals surface area contributed by atoms with Crippen LogP contribution in [0.4, 0.5) is 5.69 Å². The zero-order valence-corrected chi connectivity index (χ0v) is 15.6. The molecule has 1 aromatic rings. The van der Waals surface area contributed by atoms with Gasteiger partial charge in [0, 0.05) is 6.54 Å². The topological polar surface area (TPSA) is 84.5 Å². The number of amides is 2. The Kier molecular flexibility index (Phi) is 6.27. The number of carbonyl (C=O) groups excluding carboxylic acids is 3. The number of hydrogen-bond donors (Lipinski definition) is 2. The van der Waals surface area contributed by atoms with E-state index >= 15 is 0 Å². The third-order valence-electron chi connectivity index (χ3n) is 5.18. The minimum absolute atomic E-state index is 0.0622. The van der Waals surface area contributed by atoms with Crippen molar-refractivity contribution in [2.75, 3.05) is 19.0 Å². The van der Waals surface area contributed by atoms with Gasteiger partial charge in [-0.3, -0.25) is 9.59 Å². The van der Waals surface area contributed by atoms with Gasteiger partial charge < -0.3 is 15.4 Å². The predicted octanol–water partition coefficient (Wildman–Crippen LogP) is 3.05. The van der Waals surface area contributed by atoms with E-state index in [4.69, 9.17) is 4.74 Å². The van der Waals surface area contributed by atoms with Crippen LogP contribution in [0.2, 0.25) is 0 Å². The number of rotatable bonds is 7. The van der Waals surface area contributed by atoms with E-state index in [-0.39, 0.29) is 23.7 Å². The van der Waals surface area contributed by atoms with Crippen LogP contribution in [-0.2, 0) is 14.3 Å². The molecule has 2 N–H and O–H groups in total.